The van der Waals surface area contributed by atoms with Crippen LogP contribution in [-0.4, -0.2) is 28.1 Å². The van der Waals surface area contributed by atoms with Crippen LogP contribution in [0.3, 0.4) is 0 Å². The summed E-state index contributed by atoms with van der Waals surface area (Å²) in [5.41, 5.74) is 0.801. The topological polar surface area (TPSA) is 94.3 Å². The van der Waals surface area contributed by atoms with Crippen molar-refractivity contribution >= 4 is 11.9 Å². The molecule has 1 unspecified atom stereocenters. The molecule has 0 radical (unpaired) electrons. The molecular formula is C18H21N3O4. The molecule has 0 aliphatic heterocycles. The average Bonchev–Trinajstić information content (AvgIpc) is 3.30. The van der Waals surface area contributed by atoms with E-state index in [2.05, 4.69) is 15.5 Å². The van der Waals surface area contributed by atoms with E-state index in [4.69, 9.17) is 9.15 Å². The summed E-state index contributed by atoms with van der Waals surface area (Å²) in [5.74, 6) is 0.0274. The van der Waals surface area contributed by atoms with Crippen LogP contribution in [0.5, 0.6) is 0 Å². The van der Waals surface area contributed by atoms with Crippen molar-refractivity contribution in [1.82, 2.24) is 15.5 Å². The number of esters is 1. The second kappa shape index (κ2) is 7.92. The molecule has 1 atom stereocenters. The van der Waals surface area contributed by atoms with E-state index >= 15 is 0 Å². The number of amides is 1. The lowest BCUT2D eigenvalue weighted by Crippen LogP contribution is -2.45. The number of carbonyl (C=O) groups is 2. The summed E-state index contributed by atoms with van der Waals surface area (Å²) in [6.07, 6.45) is 3.97. The summed E-state index contributed by atoms with van der Waals surface area (Å²) in [6, 6.07) is 8.74. The van der Waals surface area contributed by atoms with Gasteiger partial charge < -0.3 is 14.5 Å². The fourth-order valence-corrected chi connectivity index (χ4v) is 3.11. The smallest absolute Gasteiger partial charge is 0.329 e. The first-order valence-electron chi connectivity index (χ1n) is 8.45. The highest BCUT2D eigenvalue weighted by Crippen LogP contribution is 2.28. The van der Waals surface area contributed by atoms with Gasteiger partial charge in [-0.25, -0.2) is 4.79 Å². The minimum absolute atomic E-state index is 0.110. The molecule has 0 spiro atoms. The minimum Gasteiger partial charge on any atom is -0.454 e. The molecule has 7 nitrogen and oxygen atoms in total. The zero-order valence-corrected chi connectivity index (χ0v) is 14.1. The molecule has 1 aliphatic carbocycles. The number of nitrogens with zero attached hydrogens (tertiary/aromatic N) is 2. The van der Waals surface area contributed by atoms with Gasteiger partial charge in [-0.15, -0.1) is 10.2 Å². The van der Waals surface area contributed by atoms with Crippen LogP contribution in [0.4, 0.5) is 0 Å². The number of benzene rings is 1. The average molecular weight is 343 g/mol. The molecule has 25 heavy (non-hydrogen) atoms. The number of rotatable bonds is 6. The van der Waals surface area contributed by atoms with Crippen molar-refractivity contribution in [3.8, 4) is 11.5 Å². The second-order valence-corrected chi connectivity index (χ2v) is 6.20. The standard InChI is InChI=1S/C18H21N3O4/c1-12(22)19-16(13-7-5-6-8-13)18(23)24-11-15-20-21-17(25-15)14-9-3-2-4-10-14/h2-4,9-10,13,16H,5-8,11H2,1H3,(H,19,22). The van der Waals surface area contributed by atoms with Gasteiger partial charge in [-0.3, -0.25) is 4.79 Å². The molecule has 1 N–H and O–H groups in total. The van der Waals surface area contributed by atoms with Crippen molar-refractivity contribution in [1.29, 1.82) is 0 Å². The number of nitrogens with one attached hydrogen (secondary N) is 1. The van der Waals surface area contributed by atoms with E-state index in [0.29, 0.717) is 5.89 Å². The molecule has 0 bridgehead atoms. The summed E-state index contributed by atoms with van der Waals surface area (Å²) < 4.78 is 10.8. The predicted molar refractivity (Wildman–Crippen MR) is 89.1 cm³/mol. The maximum Gasteiger partial charge on any atom is 0.329 e. The van der Waals surface area contributed by atoms with Gasteiger partial charge in [0.05, 0.1) is 0 Å². The van der Waals surface area contributed by atoms with E-state index < -0.39 is 12.0 Å². The van der Waals surface area contributed by atoms with Crippen molar-refractivity contribution in [3.05, 3.63) is 36.2 Å². The number of ether oxygens (including phenoxy) is 1. The molecule has 1 heterocycles. The third kappa shape index (κ3) is 4.43. The largest absolute Gasteiger partial charge is 0.454 e. The van der Waals surface area contributed by atoms with Gasteiger partial charge >= 0.3 is 5.97 Å². The van der Waals surface area contributed by atoms with E-state index in [0.717, 1.165) is 31.2 Å². The summed E-state index contributed by atoms with van der Waals surface area (Å²) in [5, 5.41) is 10.6. The molecule has 7 heteroatoms. The van der Waals surface area contributed by atoms with Crippen LogP contribution >= 0.6 is 0 Å². The predicted octanol–water partition coefficient (Wildman–Crippen LogP) is 2.47. The summed E-state index contributed by atoms with van der Waals surface area (Å²) >= 11 is 0. The van der Waals surface area contributed by atoms with Gasteiger partial charge in [0.2, 0.25) is 11.8 Å². The van der Waals surface area contributed by atoms with Crippen molar-refractivity contribution in [2.45, 2.75) is 45.3 Å². The van der Waals surface area contributed by atoms with Gasteiger partial charge in [-0.2, -0.15) is 0 Å². The highest BCUT2D eigenvalue weighted by atomic mass is 16.5. The maximum atomic E-state index is 12.4. The van der Waals surface area contributed by atoms with Gasteiger partial charge in [-0.05, 0) is 30.9 Å². The van der Waals surface area contributed by atoms with Crippen LogP contribution < -0.4 is 5.32 Å². The lowest BCUT2D eigenvalue weighted by molar-refractivity contribution is -0.151. The third-order valence-electron chi connectivity index (χ3n) is 4.31. The Balaban J connectivity index is 1.60. The number of hydrogen-bond acceptors (Lipinski definition) is 6. The Kier molecular flexibility index (Phi) is 5.42. The van der Waals surface area contributed by atoms with Gasteiger partial charge in [0, 0.05) is 12.5 Å². The van der Waals surface area contributed by atoms with Crippen LogP contribution in [0.25, 0.3) is 11.5 Å². The van der Waals surface area contributed by atoms with Crippen molar-refractivity contribution in [2.24, 2.45) is 5.92 Å². The molecule has 1 aromatic carbocycles. The Hall–Kier alpha value is -2.70. The summed E-state index contributed by atoms with van der Waals surface area (Å²) in [4.78, 5) is 23.8. The van der Waals surface area contributed by atoms with E-state index in [9.17, 15) is 9.59 Å². The van der Waals surface area contributed by atoms with E-state index in [1.807, 2.05) is 30.3 Å². The Morgan fingerprint density at radius 3 is 2.64 bits per heavy atom. The second-order valence-electron chi connectivity index (χ2n) is 6.20. The molecule has 2 aromatic rings. The van der Waals surface area contributed by atoms with Gasteiger partial charge in [0.1, 0.15) is 6.04 Å². The van der Waals surface area contributed by atoms with Crippen LogP contribution in [-0.2, 0) is 20.9 Å². The monoisotopic (exact) mass is 343 g/mol. The van der Waals surface area contributed by atoms with Gasteiger partial charge in [0.25, 0.3) is 5.89 Å². The third-order valence-corrected chi connectivity index (χ3v) is 4.31. The quantitative estimate of drug-likeness (QED) is 0.810. The van der Waals surface area contributed by atoms with Crippen LogP contribution in [0, 0.1) is 5.92 Å². The summed E-state index contributed by atoms with van der Waals surface area (Å²) in [6.45, 7) is 1.29. The molecule has 1 amide bonds. The Morgan fingerprint density at radius 2 is 1.96 bits per heavy atom. The maximum absolute atomic E-state index is 12.4. The lowest BCUT2D eigenvalue weighted by atomic mass is 9.98. The number of aromatic nitrogens is 2. The highest BCUT2D eigenvalue weighted by Gasteiger charge is 2.32. The fraction of sp³-hybridized carbons (Fsp3) is 0.444. The normalized spacial score (nSPS) is 15.7. The van der Waals surface area contributed by atoms with Crippen molar-refractivity contribution in [2.75, 3.05) is 0 Å². The van der Waals surface area contributed by atoms with Crippen LogP contribution in [0.15, 0.2) is 34.7 Å². The highest BCUT2D eigenvalue weighted by molar-refractivity contribution is 5.83. The Morgan fingerprint density at radius 1 is 1.24 bits per heavy atom. The van der Waals surface area contributed by atoms with Crippen LogP contribution in [0.2, 0.25) is 0 Å². The molecule has 132 valence electrons. The van der Waals surface area contributed by atoms with Gasteiger partial charge in [-0.1, -0.05) is 31.0 Å². The number of hydrogen-bond donors (Lipinski definition) is 1. The van der Waals surface area contributed by atoms with E-state index in [1.165, 1.54) is 6.92 Å². The molecule has 1 fully saturated rings. The SMILES string of the molecule is CC(=O)NC(C(=O)OCc1nnc(-c2ccccc2)o1)C1CCCC1. The first-order chi connectivity index (χ1) is 12.1. The van der Waals surface area contributed by atoms with Crippen LogP contribution in [0.1, 0.15) is 38.5 Å². The molecule has 1 saturated carbocycles. The molecule has 3 rings (SSSR count). The Bertz CT molecular complexity index is 723. The van der Waals surface area contributed by atoms with Crippen molar-refractivity contribution in [3.63, 3.8) is 0 Å². The first-order valence-corrected chi connectivity index (χ1v) is 8.45. The minimum atomic E-state index is -0.614. The van der Waals surface area contributed by atoms with E-state index in [-0.39, 0.29) is 24.3 Å². The van der Waals surface area contributed by atoms with E-state index in [1.54, 1.807) is 0 Å². The van der Waals surface area contributed by atoms with Gasteiger partial charge in [0.15, 0.2) is 6.61 Å². The Labute approximate surface area is 145 Å². The van der Waals surface area contributed by atoms with Crippen molar-refractivity contribution < 1.29 is 18.7 Å². The zero-order valence-electron chi connectivity index (χ0n) is 14.1. The summed E-state index contributed by atoms with van der Waals surface area (Å²) in [7, 11) is 0. The lowest BCUT2D eigenvalue weighted by Gasteiger charge is -2.21. The molecular weight excluding hydrogens is 322 g/mol. The fourth-order valence-electron chi connectivity index (χ4n) is 3.11. The first kappa shape index (κ1) is 17.1. The molecule has 0 saturated heterocycles. The molecule has 1 aromatic heterocycles. The zero-order chi connectivity index (χ0) is 17.6. The molecule has 1 aliphatic rings. The number of carbonyl (C=O) groups excluding carboxylic acids is 2.